The quantitative estimate of drug-likeness (QED) is 0.409. The molecule has 0 aromatic heterocycles. The van der Waals surface area contributed by atoms with Gasteiger partial charge >= 0.3 is 16.2 Å². The summed E-state index contributed by atoms with van der Waals surface area (Å²) < 4.78 is 34.3. The van der Waals surface area contributed by atoms with Gasteiger partial charge in [0.05, 0.1) is 18.8 Å². The van der Waals surface area contributed by atoms with Gasteiger partial charge in [0.2, 0.25) is 0 Å². The van der Waals surface area contributed by atoms with E-state index in [0.29, 0.717) is 17.8 Å². The first-order valence-electron chi connectivity index (χ1n) is 10.5. The number of hydrogen-bond donors (Lipinski definition) is 3. The van der Waals surface area contributed by atoms with Crippen LogP contribution in [0.15, 0.2) is 97.2 Å². The van der Waals surface area contributed by atoms with Crippen LogP contribution in [0.25, 0.3) is 0 Å². The number of carbonyl (C=O) groups is 1. The average Bonchev–Trinajstić information content (AvgIpc) is 2.83. The number of ether oxygens (including phenoxy) is 1. The second kappa shape index (κ2) is 11.2. The van der Waals surface area contributed by atoms with Crippen molar-refractivity contribution in [1.82, 2.24) is 10.0 Å². The van der Waals surface area contributed by atoms with Gasteiger partial charge in [-0.25, -0.2) is 9.52 Å². The minimum absolute atomic E-state index is 0.340. The Kier molecular flexibility index (Phi) is 8.15. The van der Waals surface area contributed by atoms with Gasteiger partial charge < -0.3 is 15.0 Å². The summed E-state index contributed by atoms with van der Waals surface area (Å²) in [5.74, 6) is 0.720. The Hall–Kier alpha value is -3.98. The van der Waals surface area contributed by atoms with E-state index in [-0.39, 0.29) is 0 Å². The summed E-state index contributed by atoms with van der Waals surface area (Å²) in [6, 6.07) is 23.8. The van der Waals surface area contributed by atoms with Gasteiger partial charge in [-0.2, -0.15) is 8.42 Å². The third-order valence-electron chi connectivity index (χ3n) is 5.13. The smallest absolute Gasteiger partial charge is 0.330 e. The molecule has 0 bridgehead atoms. The number of urea groups is 1. The predicted molar refractivity (Wildman–Crippen MR) is 135 cm³/mol. The monoisotopic (exact) mass is 480 g/mol. The first-order chi connectivity index (χ1) is 16.3. The lowest BCUT2D eigenvalue weighted by Gasteiger charge is -2.29. The third kappa shape index (κ3) is 7.01. The number of anilines is 2. The highest BCUT2D eigenvalue weighted by Gasteiger charge is 2.23. The van der Waals surface area contributed by atoms with Crippen molar-refractivity contribution in [3.05, 3.63) is 103 Å². The molecule has 0 spiro atoms. The molecule has 9 heteroatoms. The summed E-state index contributed by atoms with van der Waals surface area (Å²) in [7, 11) is -0.705. The van der Waals surface area contributed by atoms with Gasteiger partial charge in [0.25, 0.3) is 0 Å². The van der Waals surface area contributed by atoms with E-state index < -0.39 is 22.3 Å². The van der Waals surface area contributed by atoms with E-state index >= 15 is 0 Å². The zero-order chi connectivity index (χ0) is 24.6. The second-order valence-corrected chi connectivity index (χ2v) is 8.95. The number of hydrogen-bond acceptors (Lipinski definition) is 5. The van der Waals surface area contributed by atoms with Crippen molar-refractivity contribution in [2.75, 3.05) is 23.8 Å². The molecule has 0 saturated carbocycles. The summed E-state index contributed by atoms with van der Waals surface area (Å²) in [6.07, 6.45) is 0.416. The van der Waals surface area contributed by atoms with E-state index in [1.807, 2.05) is 71.3 Å². The molecule has 0 unspecified atom stereocenters. The average molecular weight is 481 g/mol. The van der Waals surface area contributed by atoms with E-state index in [4.69, 9.17) is 4.74 Å². The second-order valence-electron chi connectivity index (χ2n) is 7.54. The van der Waals surface area contributed by atoms with Crippen LogP contribution in [-0.4, -0.2) is 34.6 Å². The van der Waals surface area contributed by atoms with Gasteiger partial charge in [0.1, 0.15) is 5.75 Å². The Balaban J connectivity index is 1.75. The van der Waals surface area contributed by atoms with Gasteiger partial charge in [0, 0.05) is 18.4 Å². The van der Waals surface area contributed by atoms with E-state index in [2.05, 4.69) is 16.6 Å². The summed E-state index contributed by atoms with van der Waals surface area (Å²) in [5.41, 5.74) is 2.72. The predicted octanol–water partition coefficient (Wildman–Crippen LogP) is 3.91. The molecular weight excluding hydrogens is 452 g/mol. The molecule has 0 aliphatic rings. The van der Waals surface area contributed by atoms with Crippen LogP contribution >= 0.6 is 0 Å². The molecule has 0 aliphatic heterocycles. The fourth-order valence-corrected chi connectivity index (χ4v) is 4.10. The standard InChI is InChI=1S/C25H28N4O4S/c1-19(29(2)22-14-16-23(33-3)17-15-22)24(18-20-10-6-4-7-11-20)26-25(30)28-34(31,32)27-21-12-8-5-9-13-21/h4-17,24,27H,1,18H2,2-3H3,(H2,26,28,30)/t24-/m0/s1. The number of amides is 2. The molecule has 0 aliphatic carbocycles. The van der Waals surface area contributed by atoms with Crippen molar-refractivity contribution < 1.29 is 17.9 Å². The molecule has 178 valence electrons. The Morgan fingerprint density at radius 2 is 1.56 bits per heavy atom. The Labute approximate surface area is 200 Å². The lowest BCUT2D eigenvalue weighted by molar-refractivity contribution is 0.243. The van der Waals surface area contributed by atoms with E-state index in [9.17, 15) is 13.2 Å². The zero-order valence-corrected chi connectivity index (χ0v) is 19.9. The summed E-state index contributed by atoms with van der Waals surface area (Å²) >= 11 is 0. The molecule has 0 fully saturated rings. The molecule has 0 radical (unpaired) electrons. The van der Waals surface area contributed by atoms with Gasteiger partial charge in [-0.05, 0) is 48.4 Å². The van der Waals surface area contributed by atoms with Crippen molar-refractivity contribution >= 4 is 27.6 Å². The lowest BCUT2D eigenvalue weighted by atomic mass is 10.0. The zero-order valence-electron chi connectivity index (χ0n) is 19.1. The molecule has 3 aromatic carbocycles. The van der Waals surface area contributed by atoms with Gasteiger partial charge in [0.15, 0.2) is 0 Å². The normalized spacial score (nSPS) is 11.7. The first-order valence-corrected chi connectivity index (χ1v) is 12.0. The highest BCUT2D eigenvalue weighted by molar-refractivity contribution is 7.91. The number of likely N-dealkylation sites (N-methyl/N-ethyl adjacent to an activating group) is 1. The van der Waals surface area contributed by atoms with Gasteiger partial charge in [-0.1, -0.05) is 55.1 Å². The minimum atomic E-state index is -4.13. The molecule has 3 aromatic rings. The largest absolute Gasteiger partial charge is 0.497 e. The highest BCUT2D eigenvalue weighted by Crippen LogP contribution is 2.23. The van der Waals surface area contributed by atoms with Crippen LogP contribution in [0, 0.1) is 0 Å². The molecule has 3 N–H and O–H groups in total. The Morgan fingerprint density at radius 1 is 0.971 bits per heavy atom. The fourth-order valence-electron chi connectivity index (χ4n) is 3.30. The number of rotatable bonds is 10. The highest BCUT2D eigenvalue weighted by atomic mass is 32.2. The van der Waals surface area contributed by atoms with Gasteiger partial charge in [-0.3, -0.25) is 4.72 Å². The van der Waals surface area contributed by atoms with Crippen LogP contribution in [0.1, 0.15) is 5.56 Å². The number of nitrogens with one attached hydrogen (secondary N) is 3. The number of para-hydroxylation sites is 1. The molecule has 8 nitrogen and oxygen atoms in total. The van der Waals surface area contributed by atoms with E-state index in [1.165, 1.54) is 0 Å². The Bertz CT molecular complexity index is 1200. The summed E-state index contributed by atoms with van der Waals surface area (Å²) in [4.78, 5) is 14.5. The number of carbonyl (C=O) groups excluding carboxylic acids is 1. The van der Waals surface area contributed by atoms with Crippen LogP contribution in [0.5, 0.6) is 5.75 Å². The molecular formula is C25H28N4O4S. The summed E-state index contributed by atoms with van der Waals surface area (Å²) in [6.45, 7) is 4.17. The van der Waals surface area contributed by atoms with Crippen molar-refractivity contribution in [1.29, 1.82) is 0 Å². The molecule has 3 rings (SSSR count). The van der Waals surface area contributed by atoms with Crippen LogP contribution in [0.3, 0.4) is 0 Å². The Morgan fingerprint density at radius 3 is 2.15 bits per heavy atom. The summed E-state index contributed by atoms with van der Waals surface area (Å²) in [5, 5.41) is 2.75. The van der Waals surface area contributed by atoms with Crippen molar-refractivity contribution in [3.63, 3.8) is 0 Å². The van der Waals surface area contributed by atoms with Crippen molar-refractivity contribution in [2.24, 2.45) is 0 Å². The fraction of sp³-hybridized carbons (Fsp3) is 0.160. The van der Waals surface area contributed by atoms with Crippen molar-refractivity contribution in [3.8, 4) is 5.75 Å². The first kappa shape index (κ1) is 24.7. The molecule has 1 atom stereocenters. The third-order valence-corrected chi connectivity index (χ3v) is 6.09. The maximum absolute atomic E-state index is 12.7. The maximum Gasteiger partial charge on any atom is 0.330 e. The van der Waals surface area contributed by atoms with Crippen LogP contribution in [0.2, 0.25) is 0 Å². The SMILES string of the molecule is C=C([C@H](Cc1ccccc1)NC(=O)NS(=O)(=O)Nc1ccccc1)N(C)c1ccc(OC)cc1. The molecule has 2 amide bonds. The van der Waals surface area contributed by atoms with E-state index in [1.54, 1.807) is 37.4 Å². The maximum atomic E-state index is 12.7. The van der Waals surface area contributed by atoms with Crippen LogP contribution < -0.4 is 24.4 Å². The minimum Gasteiger partial charge on any atom is -0.497 e. The topological polar surface area (TPSA) is 99.8 Å². The molecule has 0 heterocycles. The lowest BCUT2D eigenvalue weighted by Crippen LogP contribution is -2.49. The van der Waals surface area contributed by atoms with Crippen LogP contribution in [0.4, 0.5) is 16.2 Å². The van der Waals surface area contributed by atoms with Gasteiger partial charge in [-0.15, -0.1) is 0 Å². The number of methoxy groups -OCH3 is 1. The van der Waals surface area contributed by atoms with E-state index in [0.717, 1.165) is 17.0 Å². The molecule has 0 saturated heterocycles. The number of nitrogens with zero attached hydrogens (tertiary/aromatic N) is 1. The number of benzene rings is 3. The van der Waals surface area contributed by atoms with Crippen LogP contribution in [-0.2, 0) is 16.6 Å². The molecule has 34 heavy (non-hydrogen) atoms. The van der Waals surface area contributed by atoms with Crippen molar-refractivity contribution in [2.45, 2.75) is 12.5 Å².